The summed E-state index contributed by atoms with van der Waals surface area (Å²) in [6.07, 6.45) is 1.95. The minimum Gasteiger partial charge on any atom is -0.464 e. The molecule has 1 unspecified atom stereocenters. The Hall–Kier alpha value is -2.56. The lowest BCUT2D eigenvalue weighted by atomic mass is 9.91. The summed E-state index contributed by atoms with van der Waals surface area (Å²) in [4.78, 5) is 27.3. The largest absolute Gasteiger partial charge is 0.464 e. The number of amides is 1. The summed E-state index contributed by atoms with van der Waals surface area (Å²) in [5.74, 6) is -0.0500. The predicted octanol–water partition coefficient (Wildman–Crippen LogP) is 4.49. The molecule has 2 heterocycles. The quantitative estimate of drug-likeness (QED) is 0.742. The Morgan fingerprint density at radius 3 is 2.19 bits per heavy atom. The molecular weight excluding hydrogens is 330 g/mol. The number of hydrogen-bond donors (Lipinski definition) is 0. The van der Waals surface area contributed by atoms with E-state index in [0.29, 0.717) is 13.0 Å². The Labute approximate surface area is 153 Å². The highest BCUT2D eigenvalue weighted by atomic mass is 16.5. The van der Waals surface area contributed by atoms with E-state index in [4.69, 9.17) is 9.15 Å². The SMILES string of the molecule is CC(C)c1cccc(C(C)C)c1N(C(=O)c1ccco1)C1CCOC1=O. The molecule has 3 rings (SSSR count). The second-order valence-electron chi connectivity index (χ2n) is 7.22. The fourth-order valence-electron chi connectivity index (χ4n) is 3.43. The molecule has 0 N–H and O–H groups in total. The zero-order valence-corrected chi connectivity index (χ0v) is 15.7. The highest BCUT2D eigenvalue weighted by Crippen LogP contribution is 2.38. The van der Waals surface area contributed by atoms with Crippen molar-refractivity contribution in [2.24, 2.45) is 0 Å². The van der Waals surface area contributed by atoms with Crippen LogP contribution in [-0.4, -0.2) is 24.5 Å². The third kappa shape index (κ3) is 3.26. The number of furan rings is 1. The van der Waals surface area contributed by atoms with Gasteiger partial charge in [-0.1, -0.05) is 45.9 Å². The maximum Gasteiger partial charge on any atom is 0.329 e. The van der Waals surface area contributed by atoms with Crippen LogP contribution in [0.4, 0.5) is 5.69 Å². The topological polar surface area (TPSA) is 59.8 Å². The summed E-state index contributed by atoms with van der Waals surface area (Å²) in [7, 11) is 0. The molecular formula is C21H25NO4. The summed E-state index contributed by atoms with van der Waals surface area (Å²) in [5.41, 5.74) is 2.88. The van der Waals surface area contributed by atoms with Gasteiger partial charge in [-0.15, -0.1) is 0 Å². The maximum absolute atomic E-state index is 13.3. The van der Waals surface area contributed by atoms with E-state index in [1.54, 1.807) is 17.0 Å². The fraction of sp³-hybridized carbons (Fsp3) is 0.429. The molecule has 2 aromatic rings. The van der Waals surface area contributed by atoms with E-state index < -0.39 is 6.04 Å². The van der Waals surface area contributed by atoms with Gasteiger partial charge in [0.2, 0.25) is 0 Å². The first kappa shape index (κ1) is 18.2. The number of cyclic esters (lactones) is 1. The van der Waals surface area contributed by atoms with Crippen molar-refractivity contribution in [2.45, 2.75) is 52.0 Å². The molecule has 0 aliphatic carbocycles. The van der Waals surface area contributed by atoms with Crippen LogP contribution in [0.25, 0.3) is 0 Å². The first-order chi connectivity index (χ1) is 12.4. The van der Waals surface area contributed by atoms with Gasteiger partial charge in [0.05, 0.1) is 18.6 Å². The second kappa shape index (κ2) is 7.36. The number of esters is 1. The van der Waals surface area contributed by atoms with Crippen LogP contribution in [0.1, 0.15) is 67.6 Å². The van der Waals surface area contributed by atoms with Crippen molar-refractivity contribution in [3.63, 3.8) is 0 Å². The van der Waals surface area contributed by atoms with Crippen LogP contribution in [-0.2, 0) is 9.53 Å². The summed E-state index contributed by atoms with van der Waals surface area (Å²) >= 11 is 0. The van der Waals surface area contributed by atoms with Crippen molar-refractivity contribution < 1.29 is 18.7 Å². The second-order valence-corrected chi connectivity index (χ2v) is 7.22. The monoisotopic (exact) mass is 355 g/mol. The molecule has 0 bridgehead atoms. The van der Waals surface area contributed by atoms with E-state index in [1.807, 2.05) is 18.2 Å². The third-order valence-corrected chi connectivity index (χ3v) is 4.75. The number of carbonyl (C=O) groups excluding carboxylic acids is 2. The highest BCUT2D eigenvalue weighted by molar-refractivity contribution is 6.09. The molecule has 5 nitrogen and oxygen atoms in total. The van der Waals surface area contributed by atoms with Gasteiger partial charge in [0.15, 0.2) is 5.76 Å². The average molecular weight is 355 g/mol. The number of rotatable bonds is 5. The van der Waals surface area contributed by atoms with Crippen molar-refractivity contribution in [2.75, 3.05) is 11.5 Å². The molecule has 1 aromatic heterocycles. The smallest absolute Gasteiger partial charge is 0.329 e. The Bertz CT molecular complexity index is 766. The van der Waals surface area contributed by atoms with Gasteiger partial charge in [0, 0.05) is 6.42 Å². The van der Waals surface area contributed by atoms with Crippen molar-refractivity contribution >= 4 is 17.6 Å². The number of benzene rings is 1. The van der Waals surface area contributed by atoms with Gasteiger partial charge in [0.25, 0.3) is 5.91 Å². The minimum atomic E-state index is -0.634. The summed E-state index contributed by atoms with van der Waals surface area (Å²) in [6.45, 7) is 8.68. The summed E-state index contributed by atoms with van der Waals surface area (Å²) in [5, 5.41) is 0. The molecule has 5 heteroatoms. The predicted molar refractivity (Wildman–Crippen MR) is 99.5 cm³/mol. The zero-order valence-electron chi connectivity index (χ0n) is 15.7. The highest BCUT2D eigenvalue weighted by Gasteiger charge is 2.39. The van der Waals surface area contributed by atoms with Gasteiger partial charge >= 0.3 is 5.97 Å². The van der Waals surface area contributed by atoms with E-state index in [0.717, 1.165) is 16.8 Å². The Morgan fingerprint density at radius 2 is 1.73 bits per heavy atom. The first-order valence-electron chi connectivity index (χ1n) is 9.08. The Kier molecular flexibility index (Phi) is 5.16. The zero-order chi connectivity index (χ0) is 18.8. The normalized spacial score (nSPS) is 17.0. The number of ether oxygens (including phenoxy) is 1. The summed E-state index contributed by atoms with van der Waals surface area (Å²) in [6, 6.07) is 8.73. The van der Waals surface area contributed by atoms with Gasteiger partial charge < -0.3 is 9.15 Å². The molecule has 0 saturated carbocycles. The standard InChI is InChI=1S/C21H25NO4/c1-13(2)15-7-5-8-16(14(3)4)19(15)22(17-10-12-26-21(17)24)20(23)18-9-6-11-25-18/h5-9,11,13-14,17H,10,12H2,1-4H3. The summed E-state index contributed by atoms with van der Waals surface area (Å²) < 4.78 is 10.5. The lowest BCUT2D eigenvalue weighted by Gasteiger charge is -2.32. The van der Waals surface area contributed by atoms with E-state index in [2.05, 4.69) is 27.7 Å². The Morgan fingerprint density at radius 1 is 1.08 bits per heavy atom. The van der Waals surface area contributed by atoms with E-state index >= 15 is 0 Å². The van der Waals surface area contributed by atoms with Crippen LogP contribution in [0.5, 0.6) is 0 Å². The van der Waals surface area contributed by atoms with Crippen LogP contribution in [0.15, 0.2) is 41.0 Å². The van der Waals surface area contributed by atoms with Gasteiger partial charge in [0.1, 0.15) is 6.04 Å². The van der Waals surface area contributed by atoms with Crippen LogP contribution in [0, 0.1) is 0 Å². The van der Waals surface area contributed by atoms with Crippen molar-refractivity contribution in [3.8, 4) is 0 Å². The first-order valence-corrected chi connectivity index (χ1v) is 9.08. The molecule has 0 spiro atoms. The van der Waals surface area contributed by atoms with Crippen molar-refractivity contribution in [1.29, 1.82) is 0 Å². The molecule has 0 radical (unpaired) electrons. The van der Waals surface area contributed by atoms with E-state index in [-0.39, 0.29) is 29.5 Å². The molecule has 1 aliphatic rings. The maximum atomic E-state index is 13.3. The van der Waals surface area contributed by atoms with Gasteiger partial charge in [-0.3, -0.25) is 9.69 Å². The number of para-hydroxylation sites is 1. The van der Waals surface area contributed by atoms with E-state index in [9.17, 15) is 9.59 Å². The van der Waals surface area contributed by atoms with Gasteiger partial charge in [-0.05, 0) is 35.1 Å². The van der Waals surface area contributed by atoms with Crippen LogP contribution < -0.4 is 4.90 Å². The molecule has 138 valence electrons. The van der Waals surface area contributed by atoms with Gasteiger partial charge in [-0.25, -0.2) is 4.79 Å². The molecule has 1 fully saturated rings. The third-order valence-electron chi connectivity index (χ3n) is 4.75. The van der Waals surface area contributed by atoms with E-state index in [1.165, 1.54) is 6.26 Å². The van der Waals surface area contributed by atoms with Crippen LogP contribution in [0.3, 0.4) is 0 Å². The molecule has 1 aliphatic heterocycles. The molecule has 1 amide bonds. The lowest BCUT2D eigenvalue weighted by Crippen LogP contribution is -2.44. The fourth-order valence-corrected chi connectivity index (χ4v) is 3.43. The van der Waals surface area contributed by atoms with Crippen molar-refractivity contribution in [3.05, 3.63) is 53.5 Å². The number of hydrogen-bond acceptors (Lipinski definition) is 4. The molecule has 1 aromatic carbocycles. The van der Waals surface area contributed by atoms with Crippen molar-refractivity contribution in [1.82, 2.24) is 0 Å². The average Bonchev–Trinajstić information content (AvgIpc) is 3.27. The molecule has 1 saturated heterocycles. The molecule has 26 heavy (non-hydrogen) atoms. The number of anilines is 1. The van der Waals surface area contributed by atoms with Gasteiger partial charge in [-0.2, -0.15) is 0 Å². The van der Waals surface area contributed by atoms with Crippen LogP contribution in [0.2, 0.25) is 0 Å². The van der Waals surface area contributed by atoms with Crippen LogP contribution >= 0.6 is 0 Å². The minimum absolute atomic E-state index is 0.202. The Balaban J connectivity index is 2.22. The molecule has 1 atom stereocenters. The lowest BCUT2D eigenvalue weighted by molar-refractivity contribution is -0.139. The number of carbonyl (C=O) groups is 2. The number of nitrogens with zero attached hydrogens (tertiary/aromatic N) is 1.